The number of ether oxygens (including phenoxy) is 1. The molecular weight excluding hydrogens is 424 g/mol. The van der Waals surface area contributed by atoms with Crippen molar-refractivity contribution in [3.8, 4) is 11.1 Å². The maximum absolute atomic E-state index is 13.9. The van der Waals surface area contributed by atoms with Crippen molar-refractivity contribution in [3.05, 3.63) is 76.0 Å². The molecule has 0 aliphatic carbocycles. The van der Waals surface area contributed by atoms with E-state index in [2.05, 4.69) is 0 Å². The summed E-state index contributed by atoms with van der Waals surface area (Å²) in [6.07, 6.45) is 3.38. The molecule has 0 N–H and O–H groups in total. The number of fused-ring (bicyclic) bond motifs is 3. The van der Waals surface area contributed by atoms with E-state index in [1.54, 1.807) is 21.6 Å². The van der Waals surface area contributed by atoms with Crippen molar-refractivity contribution in [2.75, 3.05) is 13.2 Å². The number of benzene rings is 1. The molecule has 1 fully saturated rings. The Kier molecular flexibility index (Phi) is 5.27. The van der Waals surface area contributed by atoms with E-state index in [0.29, 0.717) is 23.2 Å². The third kappa shape index (κ3) is 3.48. The van der Waals surface area contributed by atoms with Crippen LogP contribution in [0.5, 0.6) is 0 Å². The minimum absolute atomic E-state index is 0.143. The summed E-state index contributed by atoms with van der Waals surface area (Å²) in [4.78, 5) is 40.4. The van der Waals surface area contributed by atoms with E-state index in [4.69, 9.17) is 4.74 Å². The van der Waals surface area contributed by atoms with Crippen LogP contribution in [-0.4, -0.2) is 40.4 Å². The Morgan fingerprint density at radius 2 is 1.97 bits per heavy atom. The smallest absolute Gasteiger partial charge is 0.302 e. The minimum Gasteiger partial charge on any atom is -0.464 e. The molecule has 1 aromatic carbocycles. The molecule has 162 valence electrons. The van der Waals surface area contributed by atoms with Gasteiger partial charge in [-0.15, -0.1) is 11.3 Å². The molecule has 0 saturated carbocycles. The van der Waals surface area contributed by atoms with Gasteiger partial charge >= 0.3 is 5.97 Å². The highest BCUT2D eigenvalue weighted by Crippen LogP contribution is 2.31. The average molecular weight is 447 g/mol. The van der Waals surface area contributed by atoms with Gasteiger partial charge in [-0.25, -0.2) is 0 Å². The first-order valence-electron chi connectivity index (χ1n) is 10.6. The lowest BCUT2D eigenvalue weighted by molar-refractivity contribution is -0.142. The fourth-order valence-electron chi connectivity index (χ4n) is 4.44. The van der Waals surface area contributed by atoms with Gasteiger partial charge in [0.05, 0.1) is 21.8 Å². The molecule has 6 nitrogen and oxygen atoms in total. The number of thiophene rings is 1. The summed E-state index contributed by atoms with van der Waals surface area (Å²) in [7, 11) is 0. The van der Waals surface area contributed by atoms with Crippen LogP contribution in [0.2, 0.25) is 0 Å². The molecule has 0 bridgehead atoms. The van der Waals surface area contributed by atoms with Crippen LogP contribution in [0.1, 0.15) is 30.1 Å². The fourth-order valence-corrected chi connectivity index (χ4v) is 5.38. The lowest BCUT2D eigenvalue weighted by Gasteiger charge is -2.25. The summed E-state index contributed by atoms with van der Waals surface area (Å²) in [5, 5.41) is 2.96. The summed E-state index contributed by atoms with van der Waals surface area (Å²) >= 11 is 1.52. The van der Waals surface area contributed by atoms with Crippen LogP contribution in [0.25, 0.3) is 26.7 Å². The molecule has 5 rings (SSSR count). The molecule has 0 unspecified atom stereocenters. The number of carbonyl (C=O) groups excluding carboxylic acids is 2. The van der Waals surface area contributed by atoms with Crippen LogP contribution in [0.3, 0.4) is 0 Å². The maximum atomic E-state index is 13.9. The van der Waals surface area contributed by atoms with E-state index in [0.717, 1.165) is 28.5 Å². The highest BCUT2D eigenvalue weighted by molar-refractivity contribution is 7.18. The highest BCUT2D eigenvalue weighted by Gasteiger charge is 2.32. The van der Waals surface area contributed by atoms with Crippen molar-refractivity contribution < 1.29 is 14.3 Å². The predicted molar refractivity (Wildman–Crippen MR) is 125 cm³/mol. The number of amides is 1. The molecule has 0 radical (unpaired) electrons. The Bertz CT molecular complexity index is 1390. The summed E-state index contributed by atoms with van der Waals surface area (Å²) in [6, 6.07) is 14.9. The Balaban J connectivity index is 1.71. The molecule has 1 saturated heterocycles. The van der Waals surface area contributed by atoms with Gasteiger partial charge in [-0.2, -0.15) is 0 Å². The Labute approximate surface area is 188 Å². The van der Waals surface area contributed by atoms with Crippen molar-refractivity contribution in [1.29, 1.82) is 0 Å². The first-order chi connectivity index (χ1) is 15.5. The molecule has 1 amide bonds. The van der Waals surface area contributed by atoms with Gasteiger partial charge in [-0.05, 0) is 47.4 Å². The average Bonchev–Trinajstić information content (AvgIpc) is 3.47. The van der Waals surface area contributed by atoms with E-state index in [1.165, 1.54) is 18.3 Å². The van der Waals surface area contributed by atoms with Crippen molar-refractivity contribution >= 4 is 38.8 Å². The van der Waals surface area contributed by atoms with Crippen LogP contribution < -0.4 is 5.56 Å². The number of nitrogens with zero attached hydrogens (tertiary/aromatic N) is 2. The van der Waals surface area contributed by atoms with Crippen molar-refractivity contribution in [2.24, 2.45) is 0 Å². The zero-order valence-corrected chi connectivity index (χ0v) is 18.4. The minimum atomic E-state index is -0.354. The molecule has 4 aromatic rings. The standard InChI is InChI=1S/C25H22N2O4S/c1-16(28)31-15-19-8-5-11-26(19)25(30)21-14-20(17-6-3-2-4-7-17)24(29)27-12-9-18-10-13-32-23(18)22(21)27/h2-4,6-7,9-10,12-14,19H,5,8,11,15H2,1H3/t19-/m1/s1. The van der Waals surface area contributed by atoms with E-state index in [-0.39, 0.29) is 30.1 Å². The molecule has 0 spiro atoms. The molecule has 3 aromatic heterocycles. The van der Waals surface area contributed by atoms with Crippen LogP contribution >= 0.6 is 11.3 Å². The van der Waals surface area contributed by atoms with Crippen molar-refractivity contribution in [1.82, 2.24) is 9.30 Å². The fraction of sp³-hybridized carbons (Fsp3) is 0.240. The van der Waals surface area contributed by atoms with Crippen LogP contribution in [0, 0.1) is 0 Å². The summed E-state index contributed by atoms with van der Waals surface area (Å²) in [5.74, 6) is -0.497. The van der Waals surface area contributed by atoms with E-state index in [9.17, 15) is 14.4 Å². The Morgan fingerprint density at radius 3 is 2.75 bits per heavy atom. The summed E-state index contributed by atoms with van der Waals surface area (Å²) in [5.41, 5.74) is 2.22. The summed E-state index contributed by atoms with van der Waals surface area (Å²) in [6.45, 7) is 2.15. The quantitative estimate of drug-likeness (QED) is 0.437. The van der Waals surface area contributed by atoms with E-state index >= 15 is 0 Å². The molecule has 4 heterocycles. The number of carbonyl (C=O) groups is 2. The van der Waals surface area contributed by atoms with E-state index in [1.807, 2.05) is 47.8 Å². The number of aromatic nitrogens is 1. The second kappa shape index (κ2) is 8.24. The summed E-state index contributed by atoms with van der Waals surface area (Å²) < 4.78 is 7.71. The number of hydrogen-bond donors (Lipinski definition) is 0. The first kappa shape index (κ1) is 20.5. The maximum Gasteiger partial charge on any atom is 0.302 e. The number of pyridine rings is 2. The van der Waals surface area contributed by atoms with Crippen molar-refractivity contribution in [2.45, 2.75) is 25.8 Å². The van der Waals surface area contributed by atoms with Gasteiger partial charge < -0.3 is 9.64 Å². The lowest BCUT2D eigenvalue weighted by atomic mass is 10.0. The van der Waals surface area contributed by atoms with Crippen LogP contribution in [0.15, 0.2) is 64.9 Å². The van der Waals surface area contributed by atoms with Gasteiger partial charge in [0.2, 0.25) is 0 Å². The molecular formula is C25H22N2O4S. The second-order valence-corrected chi connectivity index (χ2v) is 8.90. The van der Waals surface area contributed by atoms with Gasteiger partial charge in [0, 0.05) is 25.2 Å². The topological polar surface area (TPSA) is 68.1 Å². The zero-order chi connectivity index (χ0) is 22.2. The molecule has 32 heavy (non-hydrogen) atoms. The van der Waals surface area contributed by atoms with Gasteiger partial charge in [-0.1, -0.05) is 30.3 Å². The number of likely N-dealkylation sites (tertiary alicyclic amines) is 1. The van der Waals surface area contributed by atoms with Gasteiger partial charge in [0.1, 0.15) is 6.61 Å². The normalized spacial score (nSPS) is 16.0. The third-order valence-electron chi connectivity index (χ3n) is 5.98. The van der Waals surface area contributed by atoms with Crippen molar-refractivity contribution in [3.63, 3.8) is 0 Å². The zero-order valence-electron chi connectivity index (χ0n) is 17.6. The SMILES string of the molecule is CC(=O)OC[C@H]1CCCN1C(=O)c1cc(-c2ccccc2)c(=O)n2ccc3ccsc3c12. The Morgan fingerprint density at radius 1 is 1.16 bits per heavy atom. The molecule has 7 heteroatoms. The van der Waals surface area contributed by atoms with Crippen LogP contribution in [0.4, 0.5) is 0 Å². The van der Waals surface area contributed by atoms with Gasteiger partial charge in [0.15, 0.2) is 0 Å². The lowest BCUT2D eigenvalue weighted by Crippen LogP contribution is -2.39. The molecule has 1 aliphatic heterocycles. The van der Waals surface area contributed by atoms with Gasteiger partial charge in [-0.3, -0.25) is 18.8 Å². The largest absolute Gasteiger partial charge is 0.464 e. The monoisotopic (exact) mass is 446 g/mol. The first-order valence-corrected chi connectivity index (χ1v) is 11.5. The number of esters is 1. The van der Waals surface area contributed by atoms with Crippen LogP contribution in [-0.2, 0) is 9.53 Å². The Hall–Kier alpha value is -3.45. The molecule has 1 aliphatic rings. The molecule has 1 atom stereocenters. The second-order valence-electron chi connectivity index (χ2n) is 7.98. The highest BCUT2D eigenvalue weighted by atomic mass is 32.1. The van der Waals surface area contributed by atoms with E-state index < -0.39 is 0 Å². The van der Waals surface area contributed by atoms with Gasteiger partial charge in [0.25, 0.3) is 11.5 Å². The number of rotatable bonds is 4. The third-order valence-corrected chi connectivity index (χ3v) is 6.92. The predicted octanol–water partition coefficient (Wildman–Crippen LogP) is 4.35. The number of hydrogen-bond acceptors (Lipinski definition) is 5.